The van der Waals surface area contributed by atoms with Crippen LogP contribution >= 0.6 is 38.9 Å². The molecule has 2 aromatic rings. The van der Waals surface area contributed by atoms with Crippen molar-refractivity contribution in [1.29, 1.82) is 0 Å². The Morgan fingerprint density at radius 1 is 1.47 bits per heavy atom. The average molecular weight is 361 g/mol. The van der Waals surface area contributed by atoms with Crippen LogP contribution in [-0.4, -0.2) is 23.0 Å². The SMILES string of the molecule is CN(Cc1csc(Br)c1)C(=O)c1cc(O)ccc1Cl. The summed E-state index contributed by atoms with van der Waals surface area (Å²) in [6, 6.07) is 6.32. The first-order chi connectivity index (χ1) is 8.97. The molecule has 0 saturated heterocycles. The van der Waals surface area contributed by atoms with E-state index in [1.807, 2.05) is 11.4 Å². The molecule has 1 N–H and O–H groups in total. The van der Waals surface area contributed by atoms with Gasteiger partial charge in [0, 0.05) is 13.6 Å². The number of hydrogen-bond donors (Lipinski definition) is 1. The number of benzene rings is 1. The third kappa shape index (κ3) is 3.49. The Morgan fingerprint density at radius 3 is 2.84 bits per heavy atom. The Hall–Kier alpha value is -1.04. The molecule has 0 unspecified atom stereocenters. The van der Waals surface area contributed by atoms with E-state index in [1.165, 1.54) is 18.2 Å². The lowest BCUT2D eigenvalue weighted by Gasteiger charge is -2.17. The summed E-state index contributed by atoms with van der Waals surface area (Å²) in [6.07, 6.45) is 0. The van der Waals surface area contributed by atoms with Gasteiger partial charge >= 0.3 is 0 Å². The van der Waals surface area contributed by atoms with Crippen LogP contribution in [0.3, 0.4) is 0 Å². The normalized spacial score (nSPS) is 10.5. The van der Waals surface area contributed by atoms with Crippen LogP contribution < -0.4 is 0 Å². The van der Waals surface area contributed by atoms with Crippen LogP contribution in [0.5, 0.6) is 5.75 Å². The van der Waals surface area contributed by atoms with Crippen molar-refractivity contribution in [2.75, 3.05) is 7.05 Å². The van der Waals surface area contributed by atoms with E-state index in [0.717, 1.165) is 9.35 Å². The number of phenols is 1. The number of thiophene rings is 1. The summed E-state index contributed by atoms with van der Waals surface area (Å²) in [6.45, 7) is 0.493. The van der Waals surface area contributed by atoms with Gasteiger partial charge in [-0.25, -0.2) is 0 Å². The smallest absolute Gasteiger partial charge is 0.255 e. The maximum Gasteiger partial charge on any atom is 0.255 e. The molecule has 1 aromatic carbocycles. The van der Waals surface area contributed by atoms with E-state index in [4.69, 9.17) is 11.6 Å². The predicted octanol–water partition coefficient (Wildman–Crippen LogP) is 4.14. The molecule has 1 amide bonds. The maximum absolute atomic E-state index is 12.3. The number of aromatic hydroxyl groups is 1. The molecular formula is C13H11BrClNO2S. The molecule has 0 bridgehead atoms. The molecule has 100 valence electrons. The molecule has 0 aliphatic heterocycles. The minimum absolute atomic E-state index is 0.0272. The Bertz CT molecular complexity index is 614. The first kappa shape index (κ1) is 14.4. The molecule has 0 fully saturated rings. The standard InChI is InChI=1S/C13H11BrClNO2S/c1-16(6-8-4-12(14)19-7-8)13(18)10-5-9(17)2-3-11(10)15/h2-5,7,17H,6H2,1H3. The third-order valence-corrected chi connectivity index (χ3v) is 4.45. The van der Waals surface area contributed by atoms with Crippen LogP contribution in [0.15, 0.2) is 33.4 Å². The van der Waals surface area contributed by atoms with E-state index in [0.29, 0.717) is 17.1 Å². The van der Waals surface area contributed by atoms with Crippen LogP contribution in [0.4, 0.5) is 0 Å². The molecule has 0 saturated carbocycles. The van der Waals surface area contributed by atoms with Crippen molar-refractivity contribution >= 4 is 44.8 Å². The van der Waals surface area contributed by atoms with Crippen molar-refractivity contribution in [2.45, 2.75) is 6.54 Å². The van der Waals surface area contributed by atoms with Gasteiger partial charge in [-0.05, 0) is 51.1 Å². The van der Waals surface area contributed by atoms with Crippen LogP contribution in [0.2, 0.25) is 5.02 Å². The van der Waals surface area contributed by atoms with Crippen molar-refractivity contribution < 1.29 is 9.90 Å². The van der Waals surface area contributed by atoms with Gasteiger partial charge in [0.15, 0.2) is 0 Å². The van der Waals surface area contributed by atoms with Gasteiger partial charge in [0.1, 0.15) is 5.75 Å². The van der Waals surface area contributed by atoms with Crippen molar-refractivity contribution in [3.05, 3.63) is 49.6 Å². The number of halogens is 2. The number of carbonyl (C=O) groups is 1. The zero-order chi connectivity index (χ0) is 14.0. The second kappa shape index (κ2) is 5.94. The fourth-order valence-corrected chi connectivity index (χ4v) is 3.06. The Balaban J connectivity index is 2.16. The summed E-state index contributed by atoms with van der Waals surface area (Å²) in [7, 11) is 1.70. The summed E-state index contributed by atoms with van der Waals surface area (Å²) in [5, 5.41) is 11.7. The molecule has 3 nitrogen and oxygen atoms in total. The summed E-state index contributed by atoms with van der Waals surface area (Å²) in [5.74, 6) is -0.192. The number of phenolic OH excluding ortho intramolecular Hbond substituents is 1. The maximum atomic E-state index is 12.3. The first-order valence-corrected chi connectivity index (χ1v) is 7.49. The highest BCUT2D eigenvalue weighted by atomic mass is 79.9. The highest BCUT2D eigenvalue weighted by Gasteiger charge is 2.16. The molecule has 1 aromatic heterocycles. The zero-order valence-corrected chi connectivity index (χ0v) is 13.2. The lowest BCUT2D eigenvalue weighted by molar-refractivity contribution is 0.0785. The minimum atomic E-state index is -0.219. The van der Waals surface area contributed by atoms with Crippen LogP contribution in [0.25, 0.3) is 0 Å². The van der Waals surface area contributed by atoms with Gasteiger partial charge < -0.3 is 10.0 Å². The summed E-state index contributed by atoms with van der Waals surface area (Å²) in [5.41, 5.74) is 1.35. The van der Waals surface area contributed by atoms with E-state index in [1.54, 1.807) is 23.3 Å². The lowest BCUT2D eigenvalue weighted by Crippen LogP contribution is -2.26. The summed E-state index contributed by atoms with van der Waals surface area (Å²) >= 11 is 10.9. The van der Waals surface area contributed by atoms with Crippen LogP contribution in [0.1, 0.15) is 15.9 Å². The molecule has 19 heavy (non-hydrogen) atoms. The van der Waals surface area contributed by atoms with Gasteiger partial charge in [-0.2, -0.15) is 0 Å². The molecular weight excluding hydrogens is 350 g/mol. The number of amides is 1. The van der Waals surface area contributed by atoms with Crippen LogP contribution in [0, 0.1) is 0 Å². The van der Waals surface area contributed by atoms with E-state index in [2.05, 4.69) is 15.9 Å². The van der Waals surface area contributed by atoms with E-state index in [-0.39, 0.29) is 11.7 Å². The van der Waals surface area contributed by atoms with Gasteiger partial charge in [0.05, 0.1) is 14.4 Å². The van der Waals surface area contributed by atoms with Crippen molar-refractivity contribution in [1.82, 2.24) is 4.90 Å². The number of nitrogens with zero attached hydrogens (tertiary/aromatic N) is 1. The number of rotatable bonds is 3. The molecule has 2 rings (SSSR count). The highest BCUT2D eigenvalue weighted by molar-refractivity contribution is 9.11. The van der Waals surface area contributed by atoms with Crippen LogP contribution in [-0.2, 0) is 6.54 Å². The second-order valence-electron chi connectivity index (χ2n) is 4.08. The average Bonchev–Trinajstić information content (AvgIpc) is 2.77. The first-order valence-electron chi connectivity index (χ1n) is 5.44. The molecule has 0 aliphatic carbocycles. The number of hydrogen-bond acceptors (Lipinski definition) is 3. The highest BCUT2D eigenvalue weighted by Crippen LogP contribution is 2.24. The van der Waals surface area contributed by atoms with Crippen molar-refractivity contribution in [2.24, 2.45) is 0 Å². The predicted molar refractivity (Wildman–Crippen MR) is 80.9 cm³/mol. The molecule has 0 aliphatic rings. The summed E-state index contributed by atoms with van der Waals surface area (Å²) < 4.78 is 1.03. The van der Waals surface area contributed by atoms with Crippen molar-refractivity contribution in [3.63, 3.8) is 0 Å². The van der Waals surface area contributed by atoms with Gasteiger partial charge in [-0.1, -0.05) is 11.6 Å². The fraction of sp³-hybridized carbons (Fsp3) is 0.154. The Labute approximate surface area is 128 Å². The zero-order valence-electron chi connectivity index (χ0n) is 10.1. The van der Waals surface area contributed by atoms with Gasteiger partial charge in [0.2, 0.25) is 0 Å². The summed E-state index contributed by atoms with van der Waals surface area (Å²) in [4.78, 5) is 13.8. The largest absolute Gasteiger partial charge is 0.508 e. The molecule has 1 heterocycles. The van der Waals surface area contributed by atoms with Gasteiger partial charge in [0.25, 0.3) is 5.91 Å². The second-order valence-corrected chi connectivity index (χ2v) is 6.78. The van der Waals surface area contributed by atoms with Gasteiger partial charge in [-0.15, -0.1) is 11.3 Å². The topological polar surface area (TPSA) is 40.5 Å². The van der Waals surface area contributed by atoms with Crippen molar-refractivity contribution in [3.8, 4) is 5.75 Å². The fourth-order valence-electron chi connectivity index (χ4n) is 1.66. The lowest BCUT2D eigenvalue weighted by atomic mass is 10.2. The molecule has 6 heteroatoms. The Kier molecular flexibility index (Phi) is 4.50. The Morgan fingerprint density at radius 2 is 2.21 bits per heavy atom. The monoisotopic (exact) mass is 359 g/mol. The molecule has 0 radical (unpaired) electrons. The van der Waals surface area contributed by atoms with E-state index < -0.39 is 0 Å². The van der Waals surface area contributed by atoms with Gasteiger partial charge in [-0.3, -0.25) is 4.79 Å². The third-order valence-electron chi connectivity index (χ3n) is 2.57. The molecule has 0 spiro atoms. The van der Waals surface area contributed by atoms with E-state index in [9.17, 15) is 9.90 Å². The number of carbonyl (C=O) groups excluding carboxylic acids is 1. The molecule has 0 atom stereocenters. The van der Waals surface area contributed by atoms with E-state index >= 15 is 0 Å². The minimum Gasteiger partial charge on any atom is -0.508 e. The quantitative estimate of drug-likeness (QED) is 0.893.